The number of rotatable bonds is 5. The third-order valence-corrected chi connectivity index (χ3v) is 6.33. The molecule has 3 nitrogen and oxygen atoms in total. The van der Waals surface area contributed by atoms with Crippen LogP contribution in [0.3, 0.4) is 0 Å². The summed E-state index contributed by atoms with van der Waals surface area (Å²) in [6, 6.07) is 13.6. The largest absolute Gasteiger partial charge is 0.483 e. The molecule has 3 rings (SSSR count). The number of amides is 1. The summed E-state index contributed by atoms with van der Waals surface area (Å²) in [5.74, 6) is 2.29. The maximum atomic E-state index is 13.1. The molecule has 0 bridgehead atoms. The zero-order valence-electron chi connectivity index (χ0n) is 12.3. The molecule has 2 aromatic rings. The predicted molar refractivity (Wildman–Crippen MR) is 94.6 cm³/mol. The Bertz CT molecular complexity index is 690. The molecule has 0 atom stereocenters. The third-order valence-electron chi connectivity index (χ3n) is 3.26. The molecule has 0 radical (unpaired) electrons. The van der Waals surface area contributed by atoms with Gasteiger partial charge in [-0.05, 0) is 24.3 Å². The Morgan fingerprint density at radius 3 is 2.74 bits per heavy atom. The summed E-state index contributed by atoms with van der Waals surface area (Å²) in [6.07, 6.45) is 0. The second kappa shape index (κ2) is 7.75. The third kappa shape index (κ3) is 4.42. The molecule has 0 saturated carbocycles. The molecule has 1 aliphatic rings. The summed E-state index contributed by atoms with van der Waals surface area (Å²) >= 11 is 3.78. The van der Waals surface area contributed by atoms with Crippen LogP contribution in [-0.4, -0.2) is 24.0 Å². The van der Waals surface area contributed by atoms with Gasteiger partial charge in [0.2, 0.25) is 0 Å². The minimum atomic E-state index is -0.385. The van der Waals surface area contributed by atoms with Gasteiger partial charge in [0.1, 0.15) is 11.6 Å². The van der Waals surface area contributed by atoms with Gasteiger partial charge in [0, 0.05) is 22.8 Å². The zero-order chi connectivity index (χ0) is 16.1. The van der Waals surface area contributed by atoms with Crippen LogP contribution in [0.2, 0.25) is 0 Å². The van der Waals surface area contributed by atoms with Crippen molar-refractivity contribution in [3.05, 3.63) is 59.9 Å². The van der Waals surface area contributed by atoms with E-state index in [1.807, 2.05) is 47.8 Å². The summed E-state index contributed by atoms with van der Waals surface area (Å²) in [7, 11) is 0. The number of nitrogens with one attached hydrogen (secondary N) is 1. The van der Waals surface area contributed by atoms with E-state index in [1.54, 1.807) is 12.1 Å². The van der Waals surface area contributed by atoms with Gasteiger partial charge < -0.3 is 10.1 Å². The highest BCUT2D eigenvalue weighted by molar-refractivity contribution is 8.19. The molecule has 0 aromatic heterocycles. The molecule has 1 N–H and O–H groups in total. The van der Waals surface area contributed by atoms with Gasteiger partial charge in [-0.25, -0.2) is 4.39 Å². The quantitative estimate of drug-likeness (QED) is 0.872. The van der Waals surface area contributed by atoms with Crippen LogP contribution in [0.4, 0.5) is 10.1 Å². The molecule has 1 fully saturated rings. The van der Waals surface area contributed by atoms with E-state index >= 15 is 0 Å². The first-order chi connectivity index (χ1) is 11.2. The second-order valence-electron chi connectivity index (χ2n) is 4.96. The maximum Gasteiger partial charge on any atom is 0.262 e. The number of halogens is 1. The minimum absolute atomic E-state index is 0.102. The van der Waals surface area contributed by atoms with Crippen molar-refractivity contribution in [3.63, 3.8) is 0 Å². The molecular weight excluding hydrogens is 333 g/mol. The van der Waals surface area contributed by atoms with E-state index < -0.39 is 0 Å². The van der Waals surface area contributed by atoms with E-state index in [2.05, 4.69) is 5.32 Å². The summed E-state index contributed by atoms with van der Waals surface area (Å²) in [6.45, 7) is -0.102. The van der Waals surface area contributed by atoms with Gasteiger partial charge >= 0.3 is 0 Å². The van der Waals surface area contributed by atoms with Gasteiger partial charge in [-0.3, -0.25) is 4.79 Å². The zero-order valence-corrected chi connectivity index (χ0v) is 14.0. The van der Waals surface area contributed by atoms with Gasteiger partial charge in [0.15, 0.2) is 6.61 Å². The lowest BCUT2D eigenvalue weighted by molar-refractivity contribution is -0.118. The molecule has 0 spiro atoms. The monoisotopic (exact) mass is 349 g/mol. The molecule has 120 valence electrons. The van der Waals surface area contributed by atoms with E-state index in [1.165, 1.54) is 12.1 Å². The SMILES string of the molecule is O=C(COc1ccccc1C1SCCS1)Nc1cccc(F)c1. The molecule has 1 saturated heterocycles. The van der Waals surface area contributed by atoms with Crippen molar-refractivity contribution in [3.8, 4) is 5.75 Å². The highest BCUT2D eigenvalue weighted by atomic mass is 32.2. The van der Waals surface area contributed by atoms with Crippen LogP contribution >= 0.6 is 23.5 Å². The topological polar surface area (TPSA) is 38.3 Å². The lowest BCUT2D eigenvalue weighted by atomic mass is 10.2. The Hall–Kier alpha value is -1.66. The second-order valence-corrected chi connectivity index (χ2v) is 7.68. The summed E-state index contributed by atoms with van der Waals surface area (Å²) < 4.78 is 19.1. The Kier molecular flexibility index (Phi) is 5.46. The number of hydrogen-bond donors (Lipinski definition) is 1. The summed E-state index contributed by atoms with van der Waals surface area (Å²) in [5.41, 5.74) is 1.53. The lowest BCUT2D eigenvalue weighted by Gasteiger charge is -2.15. The average molecular weight is 349 g/mol. The first kappa shape index (κ1) is 16.2. The van der Waals surface area contributed by atoms with E-state index in [9.17, 15) is 9.18 Å². The van der Waals surface area contributed by atoms with E-state index in [0.29, 0.717) is 10.3 Å². The lowest BCUT2D eigenvalue weighted by Crippen LogP contribution is -2.20. The summed E-state index contributed by atoms with van der Waals surface area (Å²) in [4.78, 5) is 12.0. The molecule has 1 amide bonds. The Balaban J connectivity index is 1.61. The molecule has 6 heteroatoms. The van der Waals surface area contributed by atoms with E-state index in [4.69, 9.17) is 4.74 Å². The molecule has 2 aromatic carbocycles. The fourth-order valence-electron chi connectivity index (χ4n) is 2.25. The van der Waals surface area contributed by atoms with Crippen LogP contribution in [0, 0.1) is 5.82 Å². The number of benzene rings is 2. The number of hydrogen-bond acceptors (Lipinski definition) is 4. The minimum Gasteiger partial charge on any atom is -0.483 e. The molecular formula is C17H16FNO2S2. The van der Waals surface area contributed by atoms with Crippen molar-refractivity contribution >= 4 is 35.1 Å². The molecule has 0 unspecified atom stereocenters. The normalized spacial score (nSPS) is 14.7. The van der Waals surface area contributed by atoms with Gasteiger partial charge in [0.05, 0.1) is 4.58 Å². The first-order valence-corrected chi connectivity index (χ1v) is 9.32. The van der Waals surface area contributed by atoms with E-state index in [-0.39, 0.29) is 18.3 Å². The predicted octanol–water partition coefficient (Wildman–Crippen LogP) is 4.32. The fourth-order valence-corrected chi connectivity index (χ4v) is 5.16. The number of carbonyl (C=O) groups excluding carboxylic acids is 1. The number of carbonyl (C=O) groups is 1. The van der Waals surface area contributed by atoms with Gasteiger partial charge in [-0.2, -0.15) is 0 Å². The number of ether oxygens (including phenoxy) is 1. The van der Waals surface area contributed by atoms with Crippen LogP contribution in [0.25, 0.3) is 0 Å². The Morgan fingerprint density at radius 1 is 1.17 bits per heavy atom. The van der Waals surface area contributed by atoms with Crippen molar-refractivity contribution in [1.29, 1.82) is 0 Å². The number of para-hydroxylation sites is 1. The van der Waals surface area contributed by atoms with Crippen LogP contribution in [0.5, 0.6) is 5.75 Å². The molecule has 1 heterocycles. The highest BCUT2D eigenvalue weighted by Gasteiger charge is 2.21. The van der Waals surface area contributed by atoms with Gasteiger partial charge in [0.25, 0.3) is 5.91 Å². The Morgan fingerprint density at radius 2 is 1.96 bits per heavy atom. The number of anilines is 1. The summed E-state index contributed by atoms with van der Waals surface area (Å²) in [5, 5.41) is 2.63. The van der Waals surface area contributed by atoms with Crippen molar-refractivity contribution in [1.82, 2.24) is 0 Å². The molecule has 0 aliphatic carbocycles. The van der Waals surface area contributed by atoms with Gasteiger partial charge in [-0.1, -0.05) is 24.3 Å². The van der Waals surface area contributed by atoms with Crippen LogP contribution < -0.4 is 10.1 Å². The van der Waals surface area contributed by atoms with Crippen molar-refractivity contribution in [2.24, 2.45) is 0 Å². The van der Waals surface area contributed by atoms with Crippen LogP contribution in [0.15, 0.2) is 48.5 Å². The van der Waals surface area contributed by atoms with Crippen molar-refractivity contribution in [2.45, 2.75) is 4.58 Å². The smallest absolute Gasteiger partial charge is 0.262 e. The standard InChI is InChI=1S/C17H16FNO2S2/c18-12-4-3-5-13(10-12)19-16(20)11-21-15-7-2-1-6-14(15)17-22-8-9-23-17/h1-7,10,17H,8-9,11H2,(H,19,20). The van der Waals surface area contributed by atoms with Gasteiger partial charge in [-0.15, -0.1) is 23.5 Å². The molecule has 23 heavy (non-hydrogen) atoms. The first-order valence-electron chi connectivity index (χ1n) is 7.23. The van der Waals surface area contributed by atoms with Crippen molar-refractivity contribution in [2.75, 3.05) is 23.4 Å². The number of thioether (sulfide) groups is 2. The van der Waals surface area contributed by atoms with Crippen LogP contribution in [0.1, 0.15) is 10.1 Å². The van der Waals surface area contributed by atoms with Crippen LogP contribution in [-0.2, 0) is 4.79 Å². The van der Waals surface area contributed by atoms with E-state index in [0.717, 1.165) is 22.8 Å². The highest BCUT2D eigenvalue weighted by Crippen LogP contribution is 2.48. The maximum absolute atomic E-state index is 13.1. The fraction of sp³-hybridized carbons (Fsp3) is 0.235. The van der Waals surface area contributed by atoms with Crippen molar-refractivity contribution < 1.29 is 13.9 Å². The average Bonchev–Trinajstić information content (AvgIpc) is 3.07. The Labute approximate surface area is 143 Å². The molecule has 1 aliphatic heterocycles.